The summed E-state index contributed by atoms with van der Waals surface area (Å²) in [5.41, 5.74) is 0.470. The van der Waals surface area contributed by atoms with Crippen molar-refractivity contribution in [1.82, 2.24) is 14.5 Å². The van der Waals surface area contributed by atoms with Crippen molar-refractivity contribution in [2.45, 2.75) is 108 Å². The van der Waals surface area contributed by atoms with Crippen LogP contribution in [-0.2, 0) is 4.74 Å². The molecule has 0 N–H and O–H groups in total. The summed E-state index contributed by atoms with van der Waals surface area (Å²) in [7, 11) is 0. The van der Waals surface area contributed by atoms with Gasteiger partial charge in [0.1, 0.15) is 0 Å². The number of hydrogen-bond acceptors (Lipinski definition) is 5. The number of fused-ring (bicyclic) bond motifs is 5. The van der Waals surface area contributed by atoms with Crippen LogP contribution in [0, 0.1) is 11.8 Å². The molecule has 4 aliphatic rings. The van der Waals surface area contributed by atoms with E-state index in [0.29, 0.717) is 29.0 Å². The van der Waals surface area contributed by atoms with Crippen LogP contribution in [0.25, 0.3) is 10.9 Å². The van der Waals surface area contributed by atoms with Gasteiger partial charge in [-0.2, -0.15) is 0 Å². The average Bonchev–Trinajstić information content (AvgIpc) is 3.02. The molecule has 3 heterocycles. The van der Waals surface area contributed by atoms with Gasteiger partial charge in [0, 0.05) is 24.2 Å². The van der Waals surface area contributed by atoms with Gasteiger partial charge in [-0.1, -0.05) is 44.2 Å². The maximum absolute atomic E-state index is 13.7. The third-order valence-electron chi connectivity index (χ3n) is 9.41. The van der Waals surface area contributed by atoms with Gasteiger partial charge in [0.2, 0.25) is 5.82 Å². The zero-order valence-corrected chi connectivity index (χ0v) is 21.0. The summed E-state index contributed by atoms with van der Waals surface area (Å²) in [6.07, 6.45) is 15.3. The van der Waals surface area contributed by atoms with Crippen molar-refractivity contribution in [2.75, 3.05) is 6.61 Å². The van der Waals surface area contributed by atoms with Crippen molar-refractivity contribution in [3.63, 3.8) is 0 Å². The molecule has 6 nitrogen and oxygen atoms in total. The fraction of sp³-hybridized carbons (Fsp3) is 0.690. The topological polar surface area (TPSA) is 64.4 Å². The lowest BCUT2D eigenvalue weighted by Gasteiger charge is -2.54. The minimum Gasteiger partial charge on any atom is -0.460 e. The van der Waals surface area contributed by atoms with Crippen LogP contribution < -0.4 is 5.56 Å². The summed E-state index contributed by atoms with van der Waals surface area (Å²) in [5, 5.41) is 0.587. The molecular formula is C29H39N3O3. The van der Waals surface area contributed by atoms with Crippen LogP contribution in [0.5, 0.6) is 0 Å². The number of carbonyl (C=O) groups excluding carboxylic acids is 1. The van der Waals surface area contributed by atoms with Gasteiger partial charge in [0.05, 0.1) is 17.5 Å². The normalized spacial score (nSPS) is 33.3. The smallest absolute Gasteiger partial charge is 0.374 e. The summed E-state index contributed by atoms with van der Waals surface area (Å²) in [6.45, 7) is 2.07. The van der Waals surface area contributed by atoms with E-state index in [9.17, 15) is 9.59 Å². The van der Waals surface area contributed by atoms with E-state index in [-0.39, 0.29) is 24.0 Å². The number of esters is 1. The van der Waals surface area contributed by atoms with Gasteiger partial charge in [-0.3, -0.25) is 14.3 Å². The Bertz CT molecular complexity index is 1120. The molecule has 6 rings (SSSR count). The van der Waals surface area contributed by atoms with Crippen LogP contribution in [0.1, 0.15) is 101 Å². The van der Waals surface area contributed by atoms with Gasteiger partial charge in [-0.05, 0) is 75.8 Å². The fourth-order valence-corrected chi connectivity index (χ4v) is 8.13. The Hall–Kier alpha value is -2.21. The van der Waals surface area contributed by atoms with Gasteiger partial charge < -0.3 is 4.74 Å². The number of carbonyl (C=O) groups is 1. The highest BCUT2D eigenvalue weighted by atomic mass is 16.5. The average molecular weight is 478 g/mol. The van der Waals surface area contributed by atoms with Crippen LogP contribution in [0.4, 0.5) is 0 Å². The van der Waals surface area contributed by atoms with E-state index in [4.69, 9.17) is 4.74 Å². The van der Waals surface area contributed by atoms with Crippen molar-refractivity contribution in [1.29, 1.82) is 0 Å². The Morgan fingerprint density at radius 1 is 0.886 bits per heavy atom. The highest BCUT2D eigenvalue weighted by Crippen LogP contribution is 2.46. The van der Waals surface area contributed by atoms with Crippen LogP contribution >= 0.6 is 0 Å². The zero-order chi connectivity index (χ0) is 23.9. The summed E-state index contributed by atoms with van der Waals surface area (Å²) in [6, 6.07) is 9.05. The van der Waals surface area contributed by atoms with Crippen molar-refractivity contribution in [3.8, 4) is 0 Å². The van der Waals surface area contributed by atoms with E-state index in [2.05, 4.69) is 9.88 Å². The second-order valence-corrected chi connectivity index (χ2v) is 11.5. The second kappa shape index (κ2) is 9.68. The molecule has 0 amide bonds. The standard InChI is InChI=1S/C29H39N3O3/c1-2-35-29(34)27-30-26-13-6-5-12-25(26)28(33)32(27)24-17-21-10-7-11-22(18-24)31(21)23-15-19-8-3-4-9-20(14-19)16-23/h5-6,12-13,19-24H,2-4,7-11,14-18H2,1H3/t19-,20+,21-,22+,23?,24?. The van der Waals surface area contributed by atoms with Crippen molar-refractivity contribution < 1.29 is 9.53 Å². The van der Waals surface area contributed by atoms with Crippen LogP contribution in [0.15, 0.2) is 29.1 Å². The largest absolute Gasteiger partial charge is 0.460 e. The maximum atomic E-state index is 13.7. The maximum Gasteiger partial charge on any atom is 0.374 e. The van der Waals surface area contributed by atoms with Gasteiger partial charge in [0.25, 0.3) is 5.56 Å². The molecule has 2 aliphatic carbocycles. The first-order valence-corrected chi connectivity index (χ1v) is 14.1. The van der Waals surface area contributed by atoms with E-state index in [1.165, 1.54) is 64.2 Å². The Morgan fingerprint density at radius 3 is 2.26 bits per heavy atom. The number of benzene rings is 1. The molecular weight excluding hydrogens is 438 g/mol. The lowest BCUT2D eigenvalue weighted by molar-refractivity contribution is -0.0431. The van der Waals surface area contributed by atoms with E-state index >= 15 is 0 Å². The van der Waals surface area contributed by atoms with E-state index in [0.717, 1.165) is 24.7 Å². The summed E-state index contributed by atoms with van der Waals surface area (Å²) in [5.74, 6) is 1.50. The predicted molar refractivity (Wildman–Crippen MR) is 137 cm³/mol. The number of ether oxygens (including phenoxy) is 1. The van der Waals surface area contributed by atoms with E-state index in [1.807, 2.05) is 24.3 Å². The summed E-state index contributed by atoms with van der Waals surface area (Å²) < 4.78 is 7.07. The number of aromatic nitrogens is 2. The molecule has 0 radical (unpaired) electrons. The molecule has 2 saturated heterocycles. The number of piperidine rings is 2. The van der Waals surface area contributed by atoms with Gasteiger partial charge in [-0.15, -0.1) is 0 Å². The molecule has 188 valence electrons. The SMILES string of the molecule is CCOC(=O)c1nc2ccccc2c(=O)n1C1C[C@H]2CCC[C@@H](C1)N2C1C[C@H]2CCCC[C@@H](C1)C2. The predicted octanol–water partition coefficient (Wildman–Crippen LogP) is 5.49. The van der Waals surface area contributed by atoms with Gasteiger partial charge >= 0.3 is 5.97 Å². The van der Waals surface area contributed by atoms with Crippen LogP contribution in [0.3, 0.4) is 0 Å². The monoisotopic (exact) mass is 477 g/mol. The Labute approximate surface area is 208 Å². The van der Waals surface area contributed by atoms with Gasteiger partial charge in [0.15, 0.2) is 0 Å². The molecule has 4 fully saturated rings. The minimum absolute atomic E-state index is 0.00331. The fourth-order valence-electron chi connectivity index (χ4n) is 8.13. The highest BCUT2D eigenvalue weighted by molar-refractivity contribution is 5.89. The molecule has 1 aromatic carbocycles. The Kier molecular flexibility index (Phi) is 6.42. The van der Waals surface area contributed by atoms with E-state index in [1.54, 1.807) is 11.5 Å². The lowest BCUT2D eigenvalue weighted by atomic mass is 9.73. The third kappa shape index (κ3) is 4.32. The van der Waals surface area contributed by atoms with Crippen molar-refractivity contribution >= 4 is 16.9 Å². The molecule has 1 aromatic heterocycles. The molecule has 2 unspecified atom stereocenters. The quantitative estimate of drug-likeness (QED) is 0.545. The van der Waals surface area contributed by atoms with Crippen molar-refractivity contribution in [2.24, 2.45) is 11.8 Å². The summed E-state index contributed by atoms with van der Waals surface area (Å²) in [4.78, 5) is 34.2. The van der Waals surface area contributed by atoms with Crippen LogP contribution in [-0.4, -0.2) is 45.2 Å². The Balaban J connectivity index is 1.33. The summed E-state index contributed by atoms with van der Waals surface area (Å²) >= 11 is 0. The first kappa shape index (κ1) is 23.2. The molecule has 4 bridgehead atoms. The zero-order valence-electron chi connectivity index (χ0n) is 21.0. The molecule has 2 saturated carbocycles. The third-order valence-corrected chi connectivity index (χ3v) is 9.41. The number of nitrogens with zero attached hydrogens (tertiary/aromatic N) is 3. The van der Waals surface area contributed by atoms with E-state index < -0.39 is 5.97 Å². The molecule has 2 aromatic rings. The second-order valence-electron chi connectivity index (χ2n) is 11.5. The highest BCUT2D eigenvalue weighted by Gasteiger charge is 2.45. The number of hydrogen-bond donors (Lipinski definition) is 0. The first-order chi connectivity index (χ1) is 17.1. The molecule has 6 heteroatoms. The Morgan fingerprint density at radius 2 is 1.57 bits per heavy atom. The first-order valence-electron chi connectivity index (χ1n) is 14.1. The number of para-hydroxylation sites is 1. The molecule has 2 aliphatic heterocycles. The number of rotatable bonds is 4. The van der Waals surface area contributed by atoms with Gasteiger partial charge in [-0.25, -0.2) is 9.78 Å². The van der Waals surface area contributed by atoms with Crippen molar-refractivity contribution in [3.05, 3.63) is 40.4 Å². The molecule has 6 atom stereocenters. The molecule has 35 heavy (non-hydrogen) atoms. The van der Waals surface area contributed by atoms with Crippen LogP contribution in [0.2, 0.25) is 0 Å². The lowest BCUT2D eigenvalue weighted by Crippen LogP contribution is -2.58. The minimum atomic E-state index is -0.487. The molecule has 0 spiro atoms.